The Kier molecular flexibility index (Phi) is 4.56. The Hall–Kier alpha value is -0.400. The Labute approximate surface area is 95.6 Å². The summed E-state index contributed by atoms with van der Waals surface area (Å²) in [4.78, 5) is 2.15. The summed E-state index contributed by atoms with van der Waals surface area (Å²) in [5, 5.41) is 0.777. The highest BCUT2D eigenvalue weighted by Crippen LogP contribution is 2.26. The lowest BCUT2D eigenvalue weighted by Gasteiger charge is -2.20. The molecule has 0 spiro atoms. The number of rotatable bonds is 4. The molecule has 0 saturated carbocycles. The largest absolute Gasteiger partial charge is 0.373 e. The maximum atomic E-state index is 6.14. The first-order valence-electron chi connectivity index (χ1n) is 4.74. The highest BCUT2D eigenvalue weighted by molar-refractivity contribution is 6.33. The van der Waals surface area contributed by atoms with Crippen molar-refractivity contribution in [1.82, 2.24) is 0 Å². The molecule has 0 radical (unpaired) electrons. The fourth-order valence-electron chi connectivity index (χ4n) is 1.40. The van der Waals surface area contributed by atoms with Crippen molar-refractivity contribution in [2.75, 3.05) is 18.5 Å². The molecule has 0 unspecified atom stereocenters. The zero-order valence-corrected chi connectivity index (χ0v) is 10.1. The Bertz CT molecular complexity index is 299. The molecule has 0 bridgehead atoms. The monoisotopic (exact) mass is 231 g/mol. The van der Waals surface area contributed by atoms with Crippen LogP contribution in [0.25, 0.3) is 0 Å². The predicted octanol–water partition coefficient (Wildman–Crippen LogP) is 3.93. The molecule has 1 aromatic rings. The van der Waals surface area contributed by atoms with E-state index in [-0.39, 0.29) is 0 Å². The van der Waals surface area contributed by atoms with Gasteiger partial charge in [0.1, 0.15) is 0 Å². The third kappa shape index (κ3) is 2.79. The highest BCUT2D eigenvalue weighted by Gasteiger charge is 2.05. The summed E-state index contributed by atoms with van der Waals surface area (Å²) in [6, 6.07) is 5.96. The molecule has 78 valence electrons. The molecule has 1 aromatic carbocycles. The van der Waals surface area contributed by atoms with Gasteiger partial charge in [0.15, 0.2) is 0 Å². The van der Waals surface area contributed by atoms with E-state index in [2.05, 4.69) is 11.8 Å². The van der Waals surface area contributed by atoms with Crippen molar-refractivity contribution in [3.8, 4) is 0 Å². The summed E-state index contributed by atoms with van der Waals surface area (Å²) >= 11 is 11.9. The SMILES string of the molecule is CCCN(C)c1ccc(CCl)cc1Cl. The smallest absolute Gasteiger partial charge is 0.0642 e. The van der Waals surface area contributed by atoms with Crippen LogP contribution in [0.3, 0.4) is 0 Å². The first kappa shape index (κ1) is 11.7. The molecule has 0 heterocycles. The molecule has 0 N–H and O–H groups in total. The van der Waals surface area contributed by atoms with Crippen molar-refractivity contribution in [2.45, 2.75) is 19.2 Å². The Morgan fingerprint density at radius 3 is 2.57 bits per heavy atom. The predicted molar refractivity (Wildman–Crippen MR) is 64.6 cm³/mol. The lowest BCUT2D eigenvalue weighted by molar-refractivity contribution is 0.852. The van der Waals surface area contributed by atoms with Gasteiger partial charge in [0.05, 0.1) is 10.7 Å². The van der Waals surface area contributed by atoms with Gasteiger partial charge in [-0.25, -0.2) is 0 Å². The van der Waals surface area contributed by atoms with E-state index in [0.29, 0.717) is 5.88 Å². The Morgan fingerprint density at radius 2 is 2.07 bits per heavy atom. The number of alkyl halides is 1. The molecule has 0 aliphatic carbocycles. The van der Waals surface area contributed by atoms with Crippen molar-refractivity contribution in [2.24, 2.45) is 0 Å². The second kappa shape index (κ2) is 5.47. The summed E-state index contributed by atoms with van der Waals surface area (Å²) in [5.41, 5.74) is 2.13. The lowest BCUT2D eigenvalue weighted by Crippen LogP contribution is -2.18. The van der Waals surface area contributed by atoms with Crippen LogP contribution in [0.1, 0.15) is 18.9 Å². The van der Waals surface area contributed by atoms with Crippen LogP contribution in [-0.2, 0) is 5.88 Å². The third-order valence-corrected chi connectivity index (χ3v) is 2.75. The van der Waals surface area contributed by atoms with E-state index in [1.54, 1.807) is 0 Å². The second-order valence-electron chi connectivity index (χ2n) is 3.34. The molecule has 0 aliphatic heterocycles. The van der Waals surface area contributed by atoms with Crippen LogP contribution in [-0.4, -0.2) is 13.6 Å². The van der Waals surface area contributed by atoms with Gasteiger partial charge >= 0.3 is 0 Å². The van der Waals surface area contributed by atoms with E-state index in [4.69, 9.17) is 23.2 Å². The summed E-state index contributed by atoms with van der Waals surface area (Å²) in [6.45, 7) is 3.16. The van der Waals surface area contributed by atoms with Crippen LogP contribution in [0.2, 0.25) is 5.02 Å². The lowest BCUT2D eigenvalue weighted by atomic mass is 10.2. The average Bonchev–Trinajstić information content (AvgIpc) is 2.17. The van der Waals surface area contributed by atoms with Crippen LogP contribution in [0.15, 0.2) is 18.2 Å². The van der Waals surface area contributed by atoms with Crippen molar-refractivity contribution in [3.63, 3.8) is 0 Å². The molecule has 0 aromatic heterocycles. The quantitative estimate of drug-likeness (QED) is 0.711. The normalized spacial score (nSPS) is 10.3. The maximum absolute atomic E-state index is 6.14. The third-order valence-electron chi connectivity index (χ3n) is 2.14. The van der Waals surface area contributed by atoms with Crippen LogP contribution in [0, 0.1) is 0 Å². The molecule has 0 atom stereocenters. The van der Waals surface area contributed by atoms with Gasteiger partial charge < -0.3 is 4.90 Å². The minimum atomic E-state index is 0.511. The van der Waals surface area contributed by atoms with Crippen molar-refractivity contribution in [1.29, 1.82) is 0 Å². The van der Waals surface area contributed by atoms with Gasteiger partial charge in [-0.15, -0.1) is 11.6 Å². The minimum Gasteiger partial charge on any atom is -0.373 e. The van der Waals surface area contributed by atoms with Gasteiger partial charge in [0, 0.05) is 19.5 Å². The first-order chi connectivity index (χ1) is 6.69. The zero-order valence-electron chi connectivity index (χ0n) is 8.56. The fourth-order valence-corrected chi connectivity index (χ4v) is 1.91. The van der Waals surface area contributed by atoms with E-state index < -0.39 is 0 Å². The number of benzene rings is 1. The zero-order chi connectivity index (χ0) is 10.6. The molecule has 0 aliphatic rings. The number of hydrogen-bond acceptors (Lipinski definition) is 1. The summed E-state index contributed by atoms with van der Waals surface area (Å²) in [7, 11) is 2.05. The van der Waals surface area contributed by atoms with Crippen molar-refractivity contribution in [3.05, 3.63) is 28.8 Å². The average molecular weight is 232 g/mol. The van der Waals surface area contributed by atoms with E-state index in [9.17, 15) is 0 Å². The number of hydrogen-bond donors (Lipinski definition) is 0. The standard InChI is InChI=1S/C11H15Cl2N/c1-3-6-14(2)11-5-4-9(8-12)7-10(11)13/h4-5,7H,3,6,8H2,1-2H3. The van der Waals surface area contributed by atoms with Crippen LogP contribution in [0.4, 0.5) is 5.69 Å². The molecule has 3 heteroatoms. The molecule has 14 heavy (non-hydrogen) atoms. The summed E-state index contributed by atoms with van der Waals surface area (Å²) in [5.74, 6) is 0.511. The molecule has 0 saturated heterocycles. The van der Waals surface area contributed by atoms with E-state index in [1.165, 1.54) is 0 Å². The Balaban J connectivity index is 2.88. The van der Waals surface area contributed by atoms with Crippen LogP contribution < -0.4 is 4.90 Å². The fraction of sp³-hybridized carbons (Fsp3) is 0.455. The van der Waals surface area contributed by atoms with Gasteiger partial charge in [0.25, 0.3) is 0 Å². The van der Waals surface area contributed by atoms with Gasteiger partial charge in [-0.3, -0.25) is 0 Å². The number of nitrogens with zero attached hydrogens (tertiary/aromatic N) is 1. The highest BCUT2D eigenvalue weighted by atomic mass is 35.5. The molecule has 1 nitrogen and oxygen atoms in total. The molecular formula is C11H15Cl2N. The Morgan fingerprint density at radius 1 is 1.36 bits per heavy atom. The van der Waals surface area contributed by atoms with Crippen molar-refractivity contribution < 1.29 is 0 Å². The summed E-state index contributed by atoms with van der Waals surface area (Å²) in [6.07, 6.45) is 1.12. The topological polar surface area (TPSA) is 3.24 Å². The van der Waals surface area contributed by atoms with Crippen LogP contribution >= 0.6 is 23.2 Å². The van der Waals surface area contributed by atoms with Crippen molar-refractivity contribution >= 4 is 28.9 Å². The van der Waals surface area contributed by atoms with Gasteiger partial charge in [-0.1, -0.05) is 24.6 Å². The second-order valence-corrected chi connectivity index (χ2v) is 4.02. The summed E-state index contributed by atoms with van der Waals surface area (Å²) < 4.78 is 0. The van der Waals surface area contributed by atoms with Gasteiger partial charge in [0.2, 0.25) is 0 Å². The van der Waals surface area contributed by atoms with Gasteiger partial charge in [-0.2, -0.15) is 0 Å². The van der Waals surface area contributed by atoms with E-state index in [1.807, 2.05) is 25.2 Å². The maximum Gasteiger partial charge on any atom is 0.0642 e. The van der Waals surface area contributed by atoms with E-state index in [0.717, 1.165) is 29.2 Å². The molecular weight excluding hydrogens is 217 g/mol. The molecule has 0 amide bonds. The minimum absolute atomic E-state index is 0.511. The number of anilines is 1. The van der Waals surface area contributed by atoms with Crippen LogP contribution in [0.5, 0.6) is 0 Å². The molecule has 0 fully saturated rings. The molecule has 1 rings (SSSR count). The first-order valence-corrected chi connectivity index (χ1v) is 5.65. The number of halogens is 2. The van der Waals surface area contributed by atoms with E-state index >= 15 is 0 Å². The van der Waals surface area contributed by atoms with Gasteiger partial charge in [-0.05, 0) is 24.1 Å².